The molecule has 1 unspecified atom stereocenters. The van der Waals surface area contributed by atoms with Crippen molar-refractivity contribution in [2.75, 3.05) is 37.3 Å². The summed E-state index contributed by atoms with van der Waals surface area (Å²) < 4.78 is 24.4. The first-order valence-corrected chi connectivity index (χ1v) is 8.14. The molecule has 0 aliphatic carbocycles. The fourth-order valence-electron chi connectivity index (χ4n) is 2.14. The Balaban J connectivity index is 2.07. The molecule has 7 heteroatoms. The minimum atomic E-state index is -3.09. The number of hydrogen-bond donors (Lipinski definition) is 1. The van der Waals surface area contributed by atoms with E-state index in [1.54, 1.807) is 6.20 Å². The van der Waals surface area contributed by atoms with Gasteiger partial charge in [0, 0.05) is 38.4 Å². The van der Waals surface area contributed by atoms with Crippen LogP contribution in [0.3, 0.4) is 0 Å². The summed E-state index contributed by atoms with van der Waals surface area (Å²) in [6, 6.07) is 3.85. The average molecular weight is 284 g/mol. The summed E-state index contributed by atoms with van der Waals surface area (Å²) in [6.45, 7) is 4.25. The molecule has 2 N–H and O–H groups in total. The molecule has 1 aliphatic rings. The Morgan fingerprint density at radius 1 is 1.32 bits per heavy atom. The molecule has 1 saturated heterocycles. The quantitative estimate of drug-likeness (QED) is 0.856. The Hall–Kier alpha value is -1.18. The van der Waals surface area contributed by atoms with Crippen molar-refractivity contribution in [1.82, 2.24) is 9.29 Å². The zero-order valence-electron chi connectivity index (χ0n) is 11.3. The van der Waals surface area contributed by atoms with E-state index in [4.69, 9.17) is 5.73 Å². The minimum Gasteiger partial charge on any atom is -0.354 e. The predicted molar refractivity (Wildman–Crippen MR) is 75.5 cm³/mol. The van der Waals surface area contributed by atoms with Crippen molar-refractivity contribution in [3.63, 3.8) is 0 Å². The molecule has 1 atom stereocenters. The Morgan fingerprint density at radius 3 is 2.47 bits per heavy atom. The summed E-state index contributed by atoms with van der Waals surface area (Å²) in [7, 11) is -3.09. The van der Waals surface area contributed by atoms with Gasteiger partial charge in [0.2, 0.25) is 10.0 Å². The van der Waals surface area contributed by atoms with Crippen molar-refractivity contribution in [3.05, 3.63) is 23.9 Å². The van der Waals surface area contributed by atoms with E-state index >= 15 is 0 Å². The molecule has 6 nitrogen and oxygen atoms in total. The number of hydrogen-bond acceptors (Lipinski definition) is 5. The van der Waals surface area contributed by atoms with Crippen molar-refractivity contribution in [3.8, 4) is 0 Å². The van der Waals surface area contributed by atoms with Crippen LogP contribution in [0.25, 0.3) is 0 Å². The van der Waals surface area contributed by atoms with Crippen LogP contribution in [0.2, 0.25) is 0 Å². The lowest BCUT2D eigenvalue weighted by Gasteiger charge is -2.34. The Bertz CT molecular complexity index is 536. The van der Waals surface area contributed by atoms with Gasteiger partial charge in [-0.05, 0) is 24.6 Å². The van der Waals surface area contributed by atoms with Gasteiger partial charge < -0.3 is 10.6 Å². The summed E-state index contributed by atoms with van der Waals surface area (Å²) in [5, 5.41) is 0. The van der Waals surface area contributed by atoms with Gasteiger partial charge in [-0.25, -0.2) is 13.4 Å². The summed E-state index contributed by atoms with van der Waals surface area (Å²) in [6.07, 6.45) is 2.99. The predicted octanol–water partition coefficient (Wildman–Crippen LogP) is 0.183. The number of anilines is 1. The van der Waals surface area contributed by atoms with Gasteiger partial charge in [-0.2, -0.15) is 4.31 Å². The highest BCUT2D eigenvalue weighted by molar-refractivity contribution is 7.88. The summed E-state index contributed by atoms with van der Waals surface area (Å²) in [4.78, 5) is 6.43. The van der Waals surface area contributed by atoms with Crippen molar-refractivity contribution in [2.45, 2.75) is 13.0 Å². The number of nitrogens with two attached hydrogens (primary N) is 1. The van der Waals surface area contributed by atoms with E-state index in [0.717, 1.165) is 11.4 Å². The molecule has 1 fully saturated rings. The molecule has 2 heterocycles. The molecule has 0 radical (unpaired) electrons. The maximum absolute atomic E-state index is 11.4. The lowest BCUT2D eigenvalue weighted by atomic mass is 10.1. The molecule has 106 valence electrons. The van der Waals surface area contributed by atoms with E-state index < -0.39 is 10.0 Å². The summed E-state index contributed by atoms with van der Waals surface area (Å²) in [5.41, 5.74) is 6.89. The summed E-state index contributed by atoms with van der Waals surface area (Å²) >= 11 is 0. The van der Waals surface area contributed by atoms with Gasteiger partial charge in [0.25, 0.3) is 0 Å². The first-order valence-electron chi connectivity index (χ1n) is 6.29. The molecule has 0 amide bonds. The highest BCUT2D eigenvalue weighted by Gasteiger charge is 2.24. The second kappa shape index (κ2) is 5.44. The molecular weight excluding hydrogens is 264 g/mol. The van der Waals surface area contributed by atoms with Crippen LogP contribution < -0.4 is 10.6 Å². The number of pyridine rings is 1. The van der Waals surface area contributed by atoms with Gasteiger partial charge in [-0.15, -0.1) is 0 Å². The Labute approximate surface area is 114 Å². The topological polar surface area (TPSA) is 79.5 Å². The monoisotopic (exact) mass is 284 g/mol. The number of piperazine rings is 1. The zero-order chi connectivity index (χ0) is 14.0. The molecule has 0 aromatic carbocycles. The molecule has 1 aliphatic heterocycles. The highest BCUT2D eigenvalue weighted by atomic mass is 32.2. The highest BCUT2D eigenvalue weighted by Crippen LogP contribution is 2.18. The molecule has 0 spiro atoms. The van der Waals surface area contributed by atoms with Gasteiger partial charge in [-0.1, -0.05) is 0 Å². The van der Waals surface area contributed by atoms with Gasteiger partial charge in [0.1, 0.15) is 5.82 Å². The molecule has 1 aromatic rings. The van der Waals surface area contributed by atoms with Crippen LogP contribution in [0.1, 0.15) is 18.5 Å². The van der Waals surface area contributed by atoms with E-state index in [0.29, 0.717) is 26.2 Å². The van der Waals surface area contributed by atoms with Crippen molar-refractivity contribution in [2.24, 2.45) is 5.73 Å². The third kappa shape index (κ3) is 3.43. The van der Waals surface area contributed by atoms with Crippen molar-refractivity contribution >= 4 is 15.8 Å². The maximum Gasteiger partial charge on any atom is 0.211 e. The molecule has 1 aromatic heterocycles. The van der Waals surface area contributed by atoms with Crippen LogP contribution in [0.5, 0.6) is 0 Å². The van der Waals surface area contributed by atoms with Crippen LogP contribution >= 0.6 is 0 Å². The standard InChI is InChI=1S/C12H20N4O2S/c1-10(13)11-3-4-14-12(9-11)15-5-7-16(8-6-15)19(2,17)18/h3-4,9-10H,5-8,13H2,1-2H3. The largest absolute Gasteiger partial charge is 0.354 e. The van der Waals surface area contributed by atoms with Crippen LogP contribution in [0.4, 0.5) is 5.82 Å². The lowest BCUT2D eigenvalue weighted by Crippen LogP contribution is -2.48. The average Bonchev–Trinajstić information content (AvgIpc) is 2.38. The lowest BCUT2D eigenvalue weighted by molar-refractivity contribution is 0.387. The Morgan fingerprint density at radius 2 is 1.95 bits per heavy atom. The van der Waals surface area contributed by atoms with E-state index in [2.05, 4.69) is 9.88 Å². The fraction of sp³-hybridized carbons (Fsp3) is 0.583. The second-order valence-electron chi connectivity index (χ2n) is 4.89. The van der Waals surface area contributed by atoms with Crippen LogP contribution in [0, 0.1) is 0 Å². The van der Waals surface area contributed by atoms with Gasteiger partial charge in [-0.3, -0.25) is 0 Å². The number of rotatable bonds is 3. The van der Waals surface area contributed by atoms with Gasteiger partial charge in [0.05, 0.1) is 6.26 Å². The first kappa shape index (κ1) is 14.2. The fourth-order valence-corrected chi connectivity index (χ4v) is 2.97. The molecule has 0 bridgehead atoms. The molecular formula is C12H20N4O2S. The number of nitrogens with zero attached hydrogens (tertiary/aromatic N) is 3. The van der Waals surface area contributed by atoms with Crippen LogP contribution in [0.15, 0.2) is 18.3 Å². The zero-order valence-corrected chi connectivity index (χ0v) is 12.1. The van der Waals surface area contributed by atoms with Crippen molar-refractivity contribution in [1.29, 1.82) is 0 Å². The van der Waals surface area contributed by atoms with E-state index in [9.17, 15) is 8.42 Å². The normalized spacial score (nSPS) is 19.4. The first-order chi connectivity index (χ1) is 8.88. The van der Waals surface area contributed by atoms with Gasteiger partial charge >= 0.3 is 0 Å². The second-order valence-corrected chi connectivity index (χ2v) is 6.87. The molecule has 19 heavy (non-hydrogen) atoms. The third-order valence-electron chi connectivity index (χ3n) is 3.33. The maximum atomic E-state index is 11.4. The number of aromatic nitrogens is 1. The minimum absolute atomic E-state index is 0.0286. The van der Waals surface area contributed by atoms with Crippen LogP contribution in [-0.4, -0.2) is 50.1 Å². The summed E-state index contributed by atoms with van der Waals surface area (Å²) in [5.74, 6) is 0.864. The Kier molecular flexibility index (Phi) is 4.07. The smallest absolute Gasteiger partial charge is 0.211 e. The van der Waals surface area contributed by atoms with E-state index in [1.807, 2.05) is 19.1 Å². The van der Waals surface area contributed by atoms with Gasteiger partial charge in [0.15, 0.2) is 0 Å². The number of sulfonamides is 1. The van der Waals surface area contributed by atoms with Crippen molar-refractivity contribution < 1.29 is 8.42 Å². The van der Waals surface area contributed by atoms with Crippen LogP contribution in [-0.2, 0) is 10.0 Å². The molecule has 2 rings (SSSR count). The van der Waals surface area contributed by atoms with E-state index in [-0.39, 0.29) is 6.04 Å². The van der Waals surface area contributed by atoms with E-state index in [1.165, 1.54) is 10.6 Å². The third-order valence-corrected chi connectivity index (χ3v) is 4.63. The SMILES string of the molecule is CC(N)c1ccnc(N2CCN(S(C)(=O)=O)CC2)c1. The molecule has 0 saturated carbocycles.